The molecule has 0 bridgehead atoms. The molecule has 0 amide bonds. The molecule has 0 saturated carbocycles. The molecule has 3 heteroatoms. The van der Waals surface area contributed by atoms with Gasteiger partial charge in [-0.2, -0.15) is 0 Å². The third-order valence-electron chi connectivity index (χ3n) is 6.35. The van der Waals surface area contributed by atoms with Crippen molar-refractivity contribution in [1.82, 2.24) is 5.32 Å². The van der Waals surface area contributed by atoms with Crippen LogP contribution < -0.4 is 5.32 Å². The van der Waals surface area contributed by atoms with E-state index in [-0.39, 0.29) is 5.97 Å². The summed E-state index contributed by atoms with van der Waals surface area (Å²) < 4.78 is 5.68. The van der Waals surface area contributed by atoms with Crippen LogP contribution in [0.3, 0.4) is 0 Å². The summed E-state index contributed by atoms with van der Waals surface area (Å²) in [6.07, 6.45) is 24.9. The summed E-state index contributed by atoms with van der Waals surface area (Å²) in [5.41, 5.74) is 0. The van der Waals surface area contributed by atoms with Gasteiger partial charge in [-0.15, -0.1) is 0 Å². The molecule has 186 valence electrons. The monoisotopic (exact) mass is 439 g/mol. The second kappa shape index (κ2) is 25.7. The molecule has 1 atom stereocenters. The molecule has 0 aromatic heterocycles. The first-order valence-electron chi connectivity index (χ1n) is 14.1. The SMILES string of the molecule is CCCCCCCCC(CCCCCC)COC(=O)CCCCCNCCCCCC. The number of esters is 1. The van der Waals surface area contributed by atoms with Crippen molar-refractivity contribution in [3.05, 3.63) is 0 Å². The zero-order valence-electron chi connectivity index (χ0n) is 21.7. The highest BCUT2D eigenvalue weighted by molar-refractivity contribution is 5.69. The van der Waals surface area contributed by atoms with Gasteiger partial charge in [0.1, 0.15) is 0 Å². The quantitative estimate of drug-likeness (QED) is 0.114. The highest BCUT2D eigenvalue weighted by atomic mass is 16.5. The number of rotatable bonds is 25. The fourth-order valence-electron chi connectivity index (χ4n) is 4.16. The summed E-state index contributed by atoms with van der Waals surface area (Å²) in [6, 6.07) is 0. The van der Waals surface area contributed by atoms with E-state index < -0.39 is 0 Å². The van der Waals surface area contributed by atoms with Gasteiger partial charge in [0, 0.05) is 6.42 Å². The van der Waals surface area contributed by atoms with Crippen LogP contribution in [-0.2, 0) is 9.53 Å². The Morgan fingerprint density at radius 2 is 1.06 bits per heavy atom. The maximum atomic E-state index is 12.2. The van der Waals surface area contributed by atoms with Crippen LogP contribution in [0.5, 0.6) is 0 Å². The lowest BCUT2D eigenvalue weighted by Crippen LogP contribution is -2.17. The average molecular weight is 440 g/mol. The van der Waals surface area contributed by atoms with E-state index in [1.54, 1.807) is 0 Å². The van der Waals surface area contributed by atoms with Gasteiger partial charge in [0.2, 0.25) is 0 Å². The van der Waals surface area contributed by atoms with Crippen LogP contribution in [0.4, 0.5) is 0 Å². The second-order valence-electron chi connectivity index (χ2n) is 9.58. The van der Waals surface area contributed by atoms with E-state index in [1.807, 2.05) is 0 Å². The van der Waals surface area contributed by atoms with Gasteiger partial charge in [-0.05, 0) is 51.1 Å². The molecule has 0 aliphatic heterocycles. The lowest BCUT2D eigenvalue weighted by Gasteiger charge is -2.17. The molecule has 0 aliphatic rings. The summed E-state index contributed by atoms with van der Waals surface area (Å²) in [5, 5.41) is 3.52. The normalized spacial score (nSPS) is 12.2. The van der Waals surface area contributed by atoms with Gasteiger partial charge < -0.3 is 10.1 Å². The minimum atomic E-state index is 0.0222. The number of nitrogens with one attached hydrogen (secondary N) is 1. The molecule has 0 rings (SSSR count). The maximum Gasteiger partial charge on any atom is 0.305 e. The van der Waals surface area contributed by atoms with Gasteiger partial charge in [-0.1, -0.05) is 111 Å². The zero-order chi connectivity index (χ0) is 22.8. The van der Waals surface area contributed by atoms with Crippen molar-refractivity contribution in [3.63, 3.8) is 0 Å². The first-order valence-corrected chi connectivity index (χ1v) is 14.1. The van der Waals surface area contributed by atoms with Gasteiger partial charge in [0.25, 0.3) is 0 Å². The number of hydrogen-bond acceptors (Lipinski definition) is 3. The van der Waals surface area contributed by atoms with Crippen LogP contribution in [0, 0.1) is 5.92 Å². The lowest BCUT2D eigenvalue weighted by atomic mass is 9.95. The maximum absolute atomic E-state index is 12.2. The van der Waals surface area contributed by atoms with Crippen LogP contribution in [0.1, 0.15) is 149 Å². The number of hydrogen-bond donors (Lipinski definition) is 1. The Morgan fingerprint density at radius 3 is 1.65 bits per heavy atom. The Morgan fingerprint density at radius 1 is 0.613 bits per heavy atom. The largest absolute Gasteiger partial charge is 0.465 e. The third kappa shape index (κ3) is 23.9. The van der Waals surface area contributed by atoms with Crippen molar-refractivity contribution in [2.75, 3.05) is 19.7 Å². The smallest absolute Gasteiger partial charge is 0.305 e. The first-order chi connectivity index (χ1) is 15.2. The van der Waals surface area contributed by atoms with Crippen molar-refractivity contribution in [2.24, 2.45) is 5.92 Å². The summed E-state index contributed by atoms with van der Waals surface area (Å²) >= 11 is 0. The van der Waals surface area contributed by atoms with Gasteiger partial charge in [0.05, 0.1) is 6.61 Å². The molecule has 3 nitrogen and oxygen atoms in total. The number of ether oxygens (including phenoxy) is 1. The van der Waals surface area contributed by atoms with Gasteiger partial charge >= 0.3 is 5.97 Å². The van der Waals surface area contributed by atoms with Crippen molar-refractivity contribution >= 4 is 5.97 Å². The van der Waals surface area contributed by atoms with Crippen molar-refractivity contribution in [3.8, 4) is 0 Å². The highest BCUT2D eigenvalue weighted by Gasteiger charge is 2.12. The molecular weight excluding hydrogens is 382 g/mol. The van der Waals surface area contributed by atoms with Crippen molar-refractivity contribution in [1.29, 1.82) is 0 Å². The minimum absolute atomic E-state index is 0.0222. The van der Waals surface area contributed by atoms with Crippen LogP contribution >= 0.6 is 0 Å². The van der Waals surface area contributed by atoms with E-state index >= 15 is 0 Å². The summed E-state index contributed by atoms with van der Waals surface area (Å²) in [6.45, 7) is 9.66. The Hall–Kier alpha value is -0.570. The highest BCUT2D eigenvalue weighted by Crippen LogP contribution is 2.19. The molecule has 1 unspecified atom stereocenters. The Labute approximate surface area is 195 Å². The van der Waals surface area contributed by atoms with E-state index in [1.165, 1.54) is 109 Å². The molecule has 0 aliphatic carbocycles. The number of carbonyl (C=O) groups excluding carboxylic acids is 1. The summed E-state index contributed by atoms with van der Waals surface area (Å²) in [4.78, 5) is 12.2. The number of carbonyl (C=O) groups is 1. The fourth-order valence-corrected chi connectivity index (χ4v) is 4.16. The fraction of sp³-hybridized carbons (Fsp3) is 0.964. The van der Waals surface area contributed by atoms with Crippen LogP contribution in [0.25, 0.3) is 0 Å². The molecular formula is C28H57NO2. The Kier molecular flexibility index (Phi) is 25.2. The Balaban J connectivity index is 3.79. The van der Waals surface area contributed by atoms with E-state index in [2.05, 4.69) is 26.1 Å². The molecule has 0 aromatic rings. The first kappa shape index (κ1) is 30.4. The molecule has 1 N–H and O–H groups in total. The van der Waals surface area contributed by atoms with E-state index in [0.29, 0.717) is 18.9 Å². The molecule has 0 aromatic carbocycles. The van der Waals surface area contributed by atoms with Gasteiger partial charge in [-0.3, -0.25) is 4.79 Å². The zero-order valence-corrected chi connectivity index (χ0v) is 21.7. The van der Waals surface area contributed by atoms with Crippen molar-refractivity contribution < 1.29 is 9.53 Å². The number of unbranched alkanes of at least 4 members (excludes halogenated alkanes) is 13. The standard InChI is InChI=1S/C28H57NO2/c1-4-7-10-13-14-17-22-27(21-16-11-8-5-2)26-31-28(30)23-18-15-20-25-29-24-19-12-9-6-3/h27,29H,4-26H2,1-3H3. The van der Waals surface area contributed by atoms with E-state index in [0.717, 1.165) is 25.9 Å². The molecule has 0 spiro atoms. The van der Waals surface area contributed by atoms with Crippen LogP contribution in [0.2, 0.25) is 0 Å². The molecule has 0 saturated heterocycles. The Bertz CT molecular complexity index is 359. The summed E-state index contributed by atoms with van der Waals surface area (Å²) in [7, 11) is 0. The molecule has 0 fully saturated rings. The van der Waals surface area contributed by atoms with Crippen molar-refractivity contribution in [2.45, 2.75) is 149 Å². The molecule has 31 heavy (non-hydrogen) atoms. The predicted molar refractivity (Wildman–Crippen MR) is 137 cm³/mol. The topological polar surface area (TPSA) is 38.3 Å². The lowest BCUT2D eigenvalue weighted by molar-refractivity contribution is -0.145. The predicted octanol–water partition coefficient (Wildman–Crippen LogP) is 8.60. The summed E-state index contributed by atoms with van der Waals surface area (Å²) in [5.74, 6) is 0.595. The average Bonchev–Trinajstić information content (AvgIpc) is 2.78. The van der Waals surface area contributed by atoms with Crippen LogP contribution in [-0.4, -0.2) is 25.7 Å². The van der Waals surface area contributed by atoms with E-state index in [9.17, 15) is 4.79 Å². The van der Waals surface area contributed by atoms with Gasteiger partial charge in [-0.25, -0.2) is 0 Å². The van der Waals surface area contributed by atoms with Crippen LogP contribution in [0.15, 0.2) is 0 Å². The second-order valence-corrected chi connectivity index (χ2v) is 9.58. The molecule has 0 radical (unpaired) electrons. The van der Waals surface area contributed by atoms with Gasteiger partial charge in [0.15, 0.2) is 0 Å². The third-order valence-corrected chi connectivity index (χ3v) is 6.35. The van der Waals surface area contributed by atoms with E-state index in [4.69, 9.17) is 4.74 Å². The molecule has 0 heterocycles. The minimum Gasteiger partial charge on any atom is -0.465 e.